The third-order valence-electron chi connectivity index (χ3n) is 10.2. The van der Waals surface area contributed by atoms with Gasteiger partial charge in [-0.2, -0.15) is 0 Å². The first kappa shape index (κ1) is 30.1. The number of hydrogen-bond donors (Lipinski definition) is 0. The van der Waals surface area contributed by atoms with Crippen molar-refractivity contribution in [1.29, 1.82) is 0 Å². The van der Waals surface area contributed by atoms with Crippen LogP contribution in [-0.4, -0.2) is 24.9 Å². The first-order valence-corrected chi connectivity index (χ1v) is 17.7. The van der Waals surface area contributed by atoms with Gasteiger partial charge in [-0.05, 0) is 63.4 Å². The molecule has 0 amide bonds. The van der Waals surface area contributed by atoms with Gasteiger partial charge in [-0.3, -0.25) is 9.97 Å². The van der Waals surface area contributed by atoms with Gasteiger partial charge in [-0.1, -0.05) is 109 Å². The van der Waals surface area contributed by atoms with Gasteiger partial charge in [0, 0.05) is 63.0 Å². The fraction of sp³-hybridized carbons (Fsp3) is 0. The maximum atomic E-state index is 6.20. The summed E-state index contributed by atoms with van der Waals surface area (Å²) in [5.41, 5.74) is 10.4. The molecule has 0 unspecified atom stereocenters. The Morgan fingerprint density at radius 1 is 0.315 bits per heavy atom. The highest BCUT2D eigenvalue weighted by Crippen LogP contribution is 2.40. The Hall–Kier alpha value is -7.51. The quantitative estimate of drug-likeness (QED) is 0.177. The fourth-order valence-corrected chi connectivity index (χ4v) is 7.68. The van der Waals surface area contributed by atoms with E-state index in [1.54, 1.807) is 12.4 Å². The van der Waals surface area contributed by atoms with Crippen LogP contribution in [0.25, 0.3) is 111 Å². The maximum absolute atomic E-state index is 6.20. The van der Waals surface area contributed by atoms with Gasteiger partial charge in [0.2, 0.25) is 0 Å². The summed E-state index contributed by atoms with van der Waals surface area (Å²) >= 11 is 0. The molecule has 0 radical (unpaired) electrons. The molecule has 54 heavy (non-hydrogen) atoms. The molecule has 0 aliphatic heterocycles. The summed E-state index contributed by atoms with van der Waals surface area (Å²) in [6.07, 6.45) is 7.21. The van der Waals surface area contributed by atoms with Crippen LogP contribution in [0.15, 0.2) is 173 Å². The molecule has 0 saturated heterocycles. The van der Waals surface area contributed by atoms with Crippen molar-refractivity contribution in [2.75, 3.05) is 0 Å². The summed E-state index contributed by atoms with van der Waals surface area (Å²) in [6.45, 7) is 0. The van der Waals surface area contributed by atoms with E-state index in [9.17, 15) is 0 Å². The molecule has 0 N–H and O–H groups in total. The van der Waals surface area contributed by atoms with Crippen LogP contribution in [0.3, 0.4) is 0 Å². The number of aromatic nitrogens is 5. The molecule has 0 atom stereocenters. The van der Waals surface area contributed by atoms with Crippen LogP contribution < -0.4 is 0 Å². The van der Waals surface area contributed by atoms with Crippen LogP contribution >= 0.6 is 0 Å². The average molecular weight is 694 g/mol. The van der Waals surface area contributed by atoms with E-state index in [-0.39, 0.29) is 0 Å². The zero-order valence-electron chi connectivity index (χ0n) is 28.6. The number of nitrogens with zero attached hydrogens (tertiary/aromatic N) is 5. The third-order valence-corrected chi connectivity index (χ3v) is 10.2. The first-order chi connectivity index (χ1) is 26.8. The number of hydrogen-bond acceptors (Lipinski definition) is 7. The summed E-state index contributed by atoms with van der Waals surface area (Å²) in [7, 11) is 0. The lowest BCUT2D eigenvalue weighted by Gasteiger charge is -2.14. The molecule has 0 spiro atoms. The number of pyridine rings is 2. The molecular weight excluding hydrogens is 667 g/mol. The van der Waals surface area contributed by atoms with Gasteiger partial charge < -0.3 is 8.83 Å². The molecule has 11 rings (SSSR count). The van der Waals surface area contributed by atoms with Crippen LogP contribution in [0.1, 0.15) is 0 Å². The second kappa shape index (κ2) is 12.0. The first-order valence-electron chi connectivity index (χ1n) is 17.7. The Labute approximate surface area is 308 Å². The number of rotatable bonds is 5. The van der Waals surface area contributed by atoms with E-state index in [0.29, 0.717) is 17.5 Å². The predicted molar refractivity (Wildman–Crippen MR) is 215 cm³/mol. The van der Waals surface area contributed by atoms with Gasteiger partial charge in [-0.25, -0.2) is 15.0 Å². The lowest BCUT2D eigenvalue weighted by Crippen LogP contribution is -2.01. The zero-order chi connectivity index (χ0) is 35.6. The summed E-state index contributed by atoms with van der Waals surface area (Å²) in [4.78, 5) is 24.1. The van der Waals surface area contributed by atoms with Gasteiger partial charge >= 0.3 is 0 Å². The molecule has 7 heteroatoms. The molecule has 0 fully saturated rings. The molecule has 11 aromatic rings. The standard InChI is InChI=1S/C47H27N5O2/c1-2-8-30(9-3-1)45-50-46(52-47(51-45)36-13-7-15-42-44(36)38-27-49-25-23-40(38)54-42)35-21-20-31(33-10-4-5-11-34(33)35)28-16-18-29(19-17-28)32-12-6-14-41-43(32)37-26-48-24-22-39(37)53-41/h1-27H. The van der Waals surface area contributed by atoms with Crippen molar-refractivity contribution in [3.8, 4) is 56.4 Å². The zero-order valence-corrected chi connectivity index (χ0v) is 28.6. The molecule has 6 aromatic carbocycles. The summed E-state index contributed by atoms with van der Waals surface area (Å²) in [5.74, 6) is 1.75. The van der Waals surface area contributed by atoms with E-state index in [2.05, 4.69) is 76.7 Å². The number of benzene rings is 6. The van der Waals surface area contributed by atoms with Crippen LogP contribution in [0, 0.1) is 0 Å². The lowest BCUT2D eigenvalue weighted by atomic mass is 9.93. The van der Waals surface area contributed by atoms with Crippen LogP contribution in [0.2, 0.25) is 0 Å². The molecule has 252 valence electrons. The average Bonchev–Trinajstić information content (AvgIpc) is 3.82. The SMILES string of the molecule is c1ccc(-c2nc(-c3ccc(-c4ccc(-c5cccc6oc7ccncc7c56)cc4)c4ccccc34)nc(-c3cccc4oc5ccncc5c34)n2)cc1. The minimum absolute atomic E-state index is 0.566. The number of fused-ring (bicyclic) bond motifs is 7. The maximum Gasteiger partial charge on any atom is 0.164 e. The van der Waals surface area contributed by atoms with Crippen LogP contribution in [0.4, 0.5) is 0 Å². The van der Waals surface area contributed by atoms with Crippen molar-refractivity contribution in [3.05, 3.63) is 164 Å². The predicted octanol–water partition coefficient (Wildman–Crippen LogP) is 11.9. The molecule has 7 nitrogen and oxygen atoms in total. The topological polar surface area (TPSA) is 90.7 Å². The largest absolute Gasteiger partial charge is 0.456 e. The lowest BCUT2D eigenvalue weighted by molar-refractivity contribution is 0.668. The Bertz CT molecular complexity index is 3220. The molecule has 0 saturated carbocycles. The van der Waals surface area contributed by atoms with Gasteiger partial charge in [0.1, 0.15) is 22.3 Å². The summed E-state index contributed by atoms with van der Waals surface area (Å²) < 4.78 is 12.3. The van der Waals surface area contributed by atoms with E-state index in [1.807, 2.05) is 85.2 Å². The molecule has 5 heterocycles. The highest BCUT2D eigenvalue weighted by Gasteiger charge is 2.20. The highest BCUT2D eigenvalue weighted by molar-refractivity contribution is 6.13. The van der Waals surface area contributed by atoms with Gasteiger partial charge in [0.15, 0.2) is 17.5 Å². The smallest absolute Gasteiger partial charge is 0.164 e. The monoisotopic (exact) mass is 693 g/mol. The van der Waals surface area contributed by atoms with E-state index in [4.69, 9.17) is 23.8 Å². The van der Waals surface area contributed by atoms with Crippen molar-refractivity contribution < 1.29 is 8.83 Å². The molecule has 0 aliphatic rings. The Morgan fingerprint density at radius 2 is 0.833 bits per heavy atom. The van der Waals surface area contributed by atoms with E-state index < -0.39 is 0 Å². The minimum atomic E-state index is 0.566. The van der Waals surface area contributed by atoms with Gasteiger partial charge in [0.05, 0.1) is 0 Å². The van der Waals surface area contributed by atoms with Crippen LogP contribution in [-0.2, 0) is 0 Å². The van der Waals surface area contributed by atoms with E-state index in [1.165, 1.54) is 0 Å². The Balaban J connectivity index is 1.06. The van der Waals surface area contributed by atoms with Crippen molar-refractivity contribution in [2.45, 2.75) is 0 Å². The minimum Gasteiger partial charge on any atom is -0.456 e. The number of furan rings is 2. The van der Waals surface area contributed by atoms with Crippen molar-refractivity contribution in [3.63, 3.8) is 0 Å². The Kier molecular flexibility index (Phi) is 6.72. The van der Waals surface area contributed by atoms with E-state index >= 15 is 0 Å². The van der Waals surface area contributed by atoms with Crippen molar-refractivity contribution >= 4 is 54.6 Å². The molecule has 0 bridgehead atoms. The van der Waals surface area contributed by atoms with Gasteiger partial charge in [0.25, 0.3) is 0 Å². The second-order valence-corrected chi connectivity index (χ2v) is 13.3. The third kappa shape index (κ3) is 4.79. The van der Waals surface area contributed by atoms with Crippen LogP contribution in [0.5, 0.6) is 0 Å². The van der Waals surface area contributed by atoms with Crippen molar-refractivity contribution in [2.24, 2.45) is 0 Å². The van der Waals surface area contributed by atoms with Crippen molar-refractivity contribution in [1.82, 2.24) is 24.9 Å². The molecule has 5 aromatic heterocycles. The summed E-state index contributed by atoms with van der Waals surface area (Å²) in [5, 5.41) is 6.08. The Morgan fingerprint density at radius 3 is 1.50 bits per heavy atom. The highest BCUT2D eigenvalue weighted by atomic mass is 16.3. The molecule has 0 aliphatic carbocycles. The molecular formula is C47H27N5O2. The second-order valence-electron chi connectivity index (χ2n) is 13.3. The van der Waals surface area contributed by atoms with Gasteiger partial charge in [-0.15, -0.1) is 0 Å². The normalized spacial score (nSPS) is 11.7. The van der Waals surface area contributed by atoms with E-state index in [0.717, 1.165) is 93.6 Å². The fourth-order valence-electron chi connectivity index (χ4n) is 7.68. The summed E-state index contributed by atoms with van der Waals surface area (Å²) in [6, 6.07) is 47.5.